The van der Waals surface area contributed by atoms with Crippen molar-refractivity contribution in [1.82, 2.24) is 0 Å². The summed E-state index contributed by atoms with van der Waals surface area (Å²) in [6.07, 6.45) is 2.29. The molecule has 58 valence electrons. The molecule has 0 aromatic heterocycles. The average Bonchev–Trinajstić information content (AvgIpc) is 2.56. The molecule has 0 radical (unpaired) electrons. The van der Waals surface area contributed by atoms with Crippen molar-refractivity contribution < 1.29 is 4.74 Å². The van der Waals surface area contributed by atoms with Crippen LogP contribution < -0.4 is 0 Å². The Morgan fingerprint density at radius 3 is 1.90 bits per heavy atom. The summed E-state index contributed by atoms with van der Waals surface area (Å²) in [6, 6.07) is 0. The molecule has 0 spiro atoms. The van der Waals surface area contributed by atoms with Crippen LogP contribution in [-0.2, 0) is 4.74 Å². The molecule has 0 aromatic rings. The number of rotatable bonds is 1. The first-order valence-electron chi connectivity index (χ1n) is 3.27. The highest BCUT2D eigenvalue weighted by Gasteiger charge is 2.67. The van der Waals surface area contributed by atoms with E-state index >= 15 is 0 Å². The Morgan fingerprint density at radius 2 is 1.80 bits per heavy atom. The first-order chi connectivity index (χ1) is 4.56. The third kappa shape index (κ3) is 0.953. The zero-order valence-electron chi connectivity index (χ0n) is 5.24. The predicted molar refractivity (Wildman–Crippen MR) is 41.7 cm³/mol. The van der Waals surface area contributed by atoms with Gasteiger partial charge in [0.25, 0.3) is 0 Å². The Hall–Kier alpha value is 0.830. The molecule has 0 N–H and O–H groups in total. The van der Waals surface area contributed by atoms with Crippen molar-refractivity contribution in [2.45, 2.75) is 22.2 Å². The van der Waals surface area contributed by atoms with Gasteiger partial charge in [-0.25, -0.2) is 0 Å². The smallest absolute Gasteiger partial charge is 0.221 e. The van der Waals surface area contributed by atoms with Crippen LogP contribution in [0.5, 0.6) is 0 Å². The van der Waals surface area contributed by atoms with Crippen LogP contribution >= 0.6 is 34.8 Å². The summed E-state index contributed by atoms with van der Waals surface area (Å²) in [4.78, 5) is 0. The number of hydrogen-bond acceptors (Lipinski definition) is 1. The minimum absolute atomic E-state index is 0.405. The summed E-state index contributed by atoms with van der Waals surface area (Å²) < 4.78 is 3.97. The Morgan fingerprint density at radius 1 is 1.30 bits per heavy atom. The molecule has 1 heterocycles. The molecule has 2 aliphatic rings. The SMILES string of the molecule is ClC(Cl)(Cl)[C@@]1(C2CC2)CO1. The molecule has 0 bridgehead atoms. The van der Waals surface area contributed by atoms with Crippen LogP contribution in [0.15, 0.2) is 0 Å². The van der Waals surface area contributed by atoms with Crippen molar-refractivity contribution in [1.29, 1.82) is 0 Å². The van der Waals surface area contributed by atoms with E-state index in [0.29, 0.717) is 12.5 Å². The minimum atomic E-state index is -1.21. The molecule has 0 aromatic carbocycles. The monoisotopic (exact) mass is 200 g/mol. The van der Waals surface area contributed by atoms with Gasteiger partial charge in [0.05, 0.1) is 6.61 Å². The summed E-state index contributed by atoms with van der Waals surface area (Å²) in [7, 11) is 0. The van der Waals surface area contributed by atoms with Gasteiger partial charge < -0.3 is 4.74 Å². The molecule has 0 amide bonds. The van der Waals surface area contributed by atoms with Gasteiger partial charge in [0.1, 0.15) is 5.60 Å². The van der Waals surface area contributed by atoms with Gasteiger partial charge in [-0.3, -0.25) is 0 Å². The van der Waals surface area contributed by atoms with Gasteiger partial charge in [-0.05, 0) is 18.8 Å². The molecule has 0 unspecified atom stereocenters. The van der Waals surface area contributed by atoms with E-state index in [4.69, 9.17) is 39.5 Å². The van der Waals surface area contributed by atoms with E-state index in [9.17, 15) is 0 Å². The highest BCUT2D eigenvalue weighted by molar-refractivity contribution is 6.68. The van der Waals surface area contributed by atoms with Crippen LogP contribution in [-0.4, -0.2) is 16.0 Å². The van der Waals surface area contributed by atoms with Gasteiger partial charge in [0.15, 0.2) is 0 Å². The standard InChI is InChI=1S/C6H7Cl3O/c7-6(8,9)5(3-10-5)4-1-2-4/h4H,1-3H2/t5-/m0/s1. The first kappa shape index (κ1) is 7.48. The van der Waals surface area contributed by atoms with E-state index in [-0.39, 0.29) is 0 Å². The highest BCUT2D eigenvalue weighted by atomic mass is 35.6. The average molecular weight is 201 g/mol. The molecule has 1 saturated heterocycles. The van der Waals surface area contributed by atoms with E-state index in [2.05, 4.69) is 0 Å². The maximum atomic E-state index is 5.73. The fourth-order valence-electron chi connectivity index (χ4n) is 1.26. The van der Waals surface area contributed by atoms with Crippen LogP contribution in [0.25, 0.3) is 0 Å². The minimum Gasteiger partial charge on any atom is -0.365 e. The molecular formula is C6H7Cl3O. The van der Waals surface area contributed by atoms with Crippen molar-refractivity contribution in [2.24, 2.45) is 5.92 Å². The lowest BCUT2D eigenvalue weighted by Crippen LogP contribution is -2.31. The Bertz CT molecular complexity index is 155. The van der Waals surface area contributed by atoms with Crippen LogP contribution in [0, 0.1) is 5.92 Å². The second-order valence-electron chi connectivity index (χ2n) is 2.95. The fourth-order valence-corrected chi connectivity index (χ4v) is 2.05. The van der Waals surface area contributed by atoms with E-state index < -0.39 is 9.39 Å². The van der Waals surface area contributed by atoms with Gasteiger partial charge >= 0.3 is 0 Å². The van der Waals surface area contributed by atoms with E-state index in [1.54, 1.807) is 0 Å². The molecule has 1 nitrogen and oxygen atoms in total. The lowest BCUT2D eigenvalue weighted by molar-refractivity contribution is 0.277. The number of hydrogen-bond donors (Lipinski definition) is 0. The summed E-state index contributed by atoms with van der Waals surface area (Å²) in [5.74, 6) is 0.500. The van der Waals surface area contributed by atoms with Crippen molar-refractivity contribution in [3.63, 3.8) is 0 Å². The second-order valence-corrected chi connectivity index (χ2v) is 5.23. The molecule has 2 rings (SSSR count). The third-order valence-corrected chi connectivity index (χ3v) is 3.13. The van der Waals surface area contributed by atoms with Crippen LogP contribution in [0.2, 0.25) is 0 Å². The summed E-state index contributed by atoms with van der Waals surface area (Å²) >= 11 is 17.2. The third-order valence-electron chi connectivity index (χ3n) is 2.17. The Kier molecular flexibility index (Phi) is 1.46. The highest BCUT2D eigenvalue weighted by Crippen LogP contribution is 2.60. The molecule has 1 aliphatic carbocycles. The van der Waals surface area contributed by atoms with Crippen molar-refractivity contribution >= 4 is 34.8 Å². The van der Waals surface area contributed by atoms with Crippen molar-refractivity contribution in [3.8, 4) is 0 Å². The van der Waals surface area contributed by atoms with Gasteiger partial charge in [0, 0.05) is 0 Å². The lowest BCUT2D eigenvalue weighted by Gasteiger charge is -2.19. The van der Waals surface area contributed by atoms with Gasteiger partial charge in [0.2, 0.25) is 3.79 Å². The number of alkyl halides is 3. The van der Waals surface area contributed by atoms with Crippen LogP contribution in [0.3, 0.4) is 0 Å². The normalized spacial score (nSPS) is 39.9. The molecule has 2 fully saturated rings. The topological polar surface area (TPSA) is 12.5 Å². The van der Waals surface area contributed by atoms with Crippen molar-refractivity contribution in [2.75, 3.05) is 6.61 Å². The van der Waals surface area contributed by atoms with E-state index in [0.717, 1.165) is 12.8 Å². The summed E-state index contributed by atoms with van der Waals surface area (Å²) in [6.45, 7) is 0.619. The molecule has 4 heteroatoms. The maximum absolute atomic E-state index is 5.73. The Labute approximate surface area is 74.6 Å². The summed E-state index contributed by atoms with van der Waals surface area (Å²) in [5, 5.41) is 0. The lowest BCUT2D eigenvalue weighted by atomic mass is 10.1. The van der Waals surface area contributed by atoms with Gasteiger partial charge in [-0.1, -0.05) is 34.8 Å². The van der Waals surface area contributed by atoms with Crippen molar-refractivity contribution in [3.05, 3.63) is 0 Å². The van der Waals surface area contributed by atoms with Crippen LogP contribution in [0.1, 0.15) is 12.8 Å². The first-order valence-corrected chi connectivity index (χ1v) is 4.40. The number of halogens is 3. The van der Waals surface area contributed by atoms with Gasteiger partial charge in [-0.15, -0.1) is 0 Å². The zero-order valence-corrected chi connectivity index (χ0v) is 7.51. The van der Waals surface area contributed by atoms with Crippen LogP contribution in [0.4, 0.5) is 0 Å². The Balaban J connectivity index is 2.13. The van der Waals surface area contributed by atoms with E-state index in [1.165, 1.54) is 0 Å². The second kappa shape index (κ2) is 1.95. The molecular weight excluding hydrogens is 194 g/mol. The predicted octanol–water partition coefficient (Wildman–Crippen LogP) is 2.54. The van der Waals surface area contributed by atoms with E-state index in [1.807, 2.05) is 0 Å². The quantitative estimate of drug-likeness (QED) is 0.469. The fraction of sp³-hybridized carbons (Fsp3) is 1.00. The molecule has 1 saturated carbocycles. The summed E-state index contributed by atoms with van der Waals surface area (Å²) in [5.41, 5.74) is -0.405. The van der Waals surface area contributed by atoms with Gasteiger partial charge in [-0.2, -0.15) is 0 Å². The number of epoxide rings is 1. The molecule has 1 aliphatic heterocycles. The largest absolute Gasteiger partial charge is 0.365 e. The maximum Gasteiger partial charge on any atom is 0.221 e. The molecule has 10 heavy (non-hydrogen) atoms. The zero-order chi connectivity index (χ0) is 7.41. The number of ether oxygens (including phenoxy) is 1. The molecule has 1 atom stereocenters.